The normalized spacial score (nSPS) is 22.8. The van der Waals surface area contributed by atoms with Crippen molar-refractivity contribution in [1.29, 1.82) is 0 Å². The third-order valence-electron chi connectivity index (χ3n) is 5.24. The van der Waals surface area contributed by atoms with Crippen LogP contribution in [0.2, 0.25) is 0 Å². The fraction of sp³-hybridized carbons (Fsp3) is 0.667. The number of hydrogen-bond acceptors (Lipinski definition) is 5. The highest BCUT2D eigenvalue weighted by Gasteiger charge is 2.38. The van der Waals surface area contributed by atoms with Crippen LogP contribution >= 0.6 is 0 Å². The highest BCUT2D eigenvalue weighted by Crippen LogP contribution is 2.29. The lowest BCUT2D eigenvalue weighted by Gasteiger charge is -2.41. The first-order valence-electron chi connectivity index (χ1n) is 8.90. The zero-order valence-electron chi connectivity index (χ0n) is 15.1. The smallest absolute Gasteiger partial charge is 0.243 e. The van der Waals surface area contributed by atoms with Gasteiger partial charge in [-0.1, -0.05) is 12.1 Å². The average Bonchev–Trinajstić information content (AvgIpc) is 2.58. The van der Waals surface area contributed by atoms with Gasteiger partial charge in [-0.15, -0.1) is 0 Å². The highest BCUT2D eigenvalue weighted by atomic mass is 32.2. The van der Waals surface area contributed by atoms with E-state index in [2.05, 4.69) is 4.90 Å². The van der Waals surface area contributed by atoms with E-state index in [4.69, 9.17) is 4.74 Å². The van der Waals surface area contributed by atoms with Crippen LogP contribution in [0.25, 0.3) is 0 Å². The maximum atomic E-state index is 13.0. The van der Waals surface area contributed by atoms with Crippen LogP contribution in [-0.2, 0) is 14.8 Å². The van der Waals surface area contributed by atoms with Crippen molar-refractivity contribution in [3.8, 4) is 0 Å². The molecule has 1 aromatic carbocycles. The molecule has 0 aromatic heterocycles. The summed E-state index contributed by atoms with van der Waals surface area (Å²) in [5, 5.41) is 10.9. The van der Waals surface area contributed by atoms with Crippen molar-refractivity contribution < 1.29 is 18.3 Å². The number of benzene rings is 1. The van der Waals surface area contributed by atoms with Crippen molar-refractivity contribution in [1.82, 2.24) is 9.21 Å². The maximum absolute atomic E-state index is 13.0. The Morgan fingerprint density at radius 1 is 1.12 bits per heavy atom. The molecule has 2 aliphatic heterocycles. The SMILES string of the molecule is Cc1ccc(C)c(S(=O)(=O)N2CCC(O)(CN3CCOCC3)CC2)c1. The van der Waals surface area contributed by atoms with E-state index in [1.165, 1.54) is 4.31 Å². The molecule has 140 valence electrons. The monoisotopic (exact) mass is 368 g/mol. The second-order valence-corrected chi connectivity index (χ2v) is 9.19. The van der Waals surface area contributed by atoms with Gasteiger partial charge >= 0.3 is 0 Å². The van der Waals surface area contributed by atoms with E-state index in [0.717, 1.165) is 24.2 Å². The number of rotatable bonds is 4. The summed E-state index contributed by atoms with van der Waals surface area (Å²) in [4.78, 5) is 2.59. The lowest BCUT2D eigenvalue weighted by molar-refractivity contribution is -0.0550. The molecule has 0 amide bonds. The van der Waals surface area contributed by atoms with Gasteiger partial charge in [-0.3, -0.25) is 4.90 Å². The van der Waals surface area contributed by atoms with Crippen molar-refractivity contribution >= 4 is 10.0 Å². The Hall–Kier alpha value is -0.990. The molecule has 0 saturated carbocycles. The van der Waals surface area contributed by atoms with E-state index < -0.39 is 15.6 Å². The molecule has 7 heteroatoms. The Balaban J connectivity index is 1.67. The molecule has 1 aromatic rings. The summed E-state index contributed by atoms with van der Waals surface area (Å²) in [6.07, 6.45) is 0.933. The van der Waals surface area contributed by atoms with E-state index in [1.807, 2.05) is 26.0 Å². The topological polar surface area (TPSA) is 70.1 Å². The molecule has 0 aliphatic carbocycles. The molecule has 6 nitrogen and oxygen atoms in total. The number of sulfonamides is 1. The van der Waals surface area contributed by atoms with Crippen molar-refractivity contribution in [3.63, 3.8) is 0 Å². The van der Waals surface area contributed by atoms with E-state index in [9.17, 15) is 13.5 Å². The second-order valence-electron chi connectivity index (χ2n) is 7.29. The number of hydrogen-bond donors (Lipinski definition) is 1. The predicted molar refractivity (Wildman–Crippen MR) is 96.1 cm³/mol. The summed E-state index contributed by atoms with van der Waals surface area (Å²) in [7, 11) is -3.51. The standard InChI is InChI=1S/C18H28N2O4S/c1-15-3-4-16(2)17(13-15)25(22,23)20-7-5-18(21,6-8-20)14-19-9-11-24-12-10-19/h3-4,13,21H,5-12,14H2,1-2H3. The molecule has 2 heterocycles. The third kappa shape index (κ3) is 4.23. The van der Waals surface area contributed by atoms with Crippen LogP contribution in [0.5, 0.6) is 0 Å². The minimum Gasteiger partial charge on any atom is -0.388 e. The highest BCUT2D eigenvalue weighted by molar-refractivity contribution is 7.89. The van der Waals surface area contributed by atoms with Crippen molar-refractivity contribution in [2.75, 3.05) is 45.9 Å². The van der Waals surface area contributed by atoms with Gasteiger partial charge in [0.1, 0.15) is 0 Å². The molecule has 0 atom stereocenters. The Morgan fingerprint density at radius 2 is 1.76 bits per heavy atom. The Labute approximate surface area is 150 Å². The Bertz CT molecular complexity index is 706. The van der Waals surface area contributed by atoms with Gasteiger partial charge in [-0.25, -0.2) is 8.42 Å². The Kier molecular flexibility index (Phi) is 5.51. The largest absolute Gasteiger partial charge is 0.388 e. The number of aryl methyl sites for hydroxylation is 2. The van der Waals surface area contributed by atoms with Crippen LogP contribution in [0.1, 0.15) is 24.0 Å². The zero-order chi connectivity index (χ0) is 18.1. The molecule has 0 spiro atoms. The molecule has 3 rings (SSSR count). The molecule has 25 heavy (non-hydrogen) atoms. The average molecular weight is 368 g/mol. The first-order valence-corrected chi connectivity index (χ1v) is 10.3. The molecule has 0 radical (unpaired) electrons. The number of morpholine rings is 1. The third-order valence-corrected chi connectivity index (χ3v) is 7.28. The number of nitrogens with zero attached hydrogens (tertiary/aromatic N) is 2. The molecular formula is C18H28N2O4S. The number of β-amino-alcohol motifs (C(OH)–C–C–N with tert-alkyl or cyclic N) is 1. The summed E-state index contributed by atoms with van der Waals surface area (Å²) < 4.78 is 32.8. The van der Waals surface area contributed by atoms with Crippen LogP contribution in [0, 0.1) is 13.8 Å². The van der Waals surface area contributed by atoms with Gasteiger partial charge in [0.05, 0.1) is 23.7 Å². The van der Waals surface area contributed by atoms with E-state index >= 15 is 0 Å². The molecule has 0 unspecified atom stereocenters. The van der Waals surface area contributed by atoms with Crippen LogP contribution in [0.3, 0.4) is 0 Å². The van der Waals surface area contributed by atoms with E-state index in [-0.39, 0.29) is 0 Å². The van der Waals surface area contributed by atoms with Crippen LogP contribution < -0.4 is 0 Å². The van der Waals surface area contributed by atoms with Crippen LogP contribution in [0.15, 0.2) is 23.1 Å². The van der Waals surface area contributed by atoms with Gasteiger partial charge in [-0.05, 0) is 43.9 Å². The minimum absolute atomic E-state index is 0.358. The van der Waals surface area contributed by atoms with E-state index in [1.54, 1.807) is 6.07 Å². The van der Waals surface area contributed by atoms with Crippen molar-refractivity contribution in [2.24, 2.45) is 0 Å². The van der Waals surface area contributed by atoms with Crippen LogP contribution in [0.4, 0.5) is 0 Å². The van der Waals surface area contributed by atoms with Gasteiger partial charge < -0.3 is 9.84 Å². The minimum atomic E-state index is -3.51. The van der Waals surface area contributed by atoms with Gasteiger partial charge in [0.2, 0.25) is 10.0 Å². The fourth-order valence-electron chi connectivity index (χ4n) is 3.60. The fourth-order valence-corrected chi connectivity index (χ4v) is 5.35. The lowest BCUT2D eigenvalue weighted by Crippen LogP contribution is -2.53. The summed E-state index contributed by atoms with van der Waals surface area (Å²) in [5.41, 5.74) is 0.884. The summed E-state index contributed by atoms with van der Waals surface area (Å²) in [5.74, 6) is 0. The first kappa shape index (κ1) is 18.8. The van der Waals surface area contributed by atoms with Crippen molar-refractivity contribution in [3.05, 3.63) is 29.3 Å². The molecule has 2 saturated heterocycles. The summed E-state index contributed by atoms with van der Waals surface area (Å²) in [6, 6.07) is 5.51. The van der Waals surface area contributed by atoms with Gasteiger partial charge in [0, 0.05) is 32.7 Å². The van der Waals surface area contributed by atoms with Crippen LogP contribution in [-0.4, -0.2) is 74.3 Å². The second kappa shape index (κ2) is 7.32. The maximum Gasteiger partial charge on any atom is 0.243 e. The molecular weight excluding hydrogens is 340 g/mol. The first-order chi connectivity index (χ1) is 11.8. The van der Waals surface area contributed by atoms with Gasteiger partial charge in [0.15, 0.2) is 0 Å². The van der Waals surface area contributed by atoms with Gasteiger partial charge in [-0.2, -0.15) is 4.31 Å². The molecule has 2 aliphatic rings. The Morgan fingerprint density at radius 3 is 2.40 bits per heavy atom. The van der Waals surface area contributed by atoms with Crippen molar-refractivity contribution in [2.45, 2.75) is 37.2 Å². The quantitative estimate of drug-likeness (QED) is 0.863. The lowest BCUT2D eigenvalue weighted by atomic mass is 9.92. The molecule has 0 bridgehead atoms. The number of ether oxygens (including phenoxy) is 1. The predicted octanol–water partition coefficient (Wildman–Crippen LogP) is 1.15. The van der Waals surface area contributed by atoms with E-state index in [0.29, 0.717) is 50.6 Å². The van der Waals surface area contributed by atoms with Gasteiger partial charge in [0.25, 0.3) is 0 Å². The number of aliphatic hydroxyl groups is 1. The molecule has 2 fully saturated rings. The number of piperidine rings is 1. The summed E-state index contributed by atoms with van der Waals surface area (Å²) >= 11 is 0. The molecule has 1 N–H and O–H groups in total. The zero-order valence-corrected chi connectivity index (χ0v) is 15.9. The summed E-state index contributed by atoms with van der Waals surface area (Å²) in [6.45, 7) is 8.08.